The van der Waals surface area contributed by atoms with Gasteiger partial charge in [0.2, 0.25) is 5.91 Å². The molecule has 0 unspecified atom stereocenters. The summed E-state index contributed by atoms with van der Waals surface area (Å²) in [6.45, 7) is 0. The molecule has 0 spiro atoms. The number of carbonyl (C=O) groups is 2. The molecule has 4 atom stereocenters. The van der Waals surface area contributed by atoms with Crippen molar-refractivity contribution in [3.05, 3.63) is 12.2 Å². The predicted molar refractivity (Wildman–Crippen MR) is 70.4 cm³/mol. The lowest BCUT2D eigenvalue weighted by Crippen LogP contribution is -2.45. The summed E-state index contributed by atoms with van der Waals surface area (Å²) in [5.41, 5.74) is 0. The Labute approximate surface area is 113 Å². The highest BCUT2D eigenvalue weighted by atomic mass is 16.4. The summed E-state index contributed by atoms with van der Waals surface area (Å²) in [6, 6.07) is 0.263. The first kappa shape index (κ1) is 12.7. The monoisotopic (exact) mass is 263 g/mol. The van der Waals surface area contributed by atoms with Gasteiger partial charge >= 0.3 is 5.97 Å². The van der Waals surface area contributed by atoms with Crippen molar-refractivity contribution in [1.82, 2.24) is 5.32 Å². The standard InChI is InChI=1S/C15H21NO3/c17-14(16-11-4-2-1-3-5-11)12-9-6-7-10(8-9)13(12)15(18)19/h6-7,9-13H,1-5,8H2,(H,16,17)(H,18,19)/t9-,10-,12-,13-/m0/s1. The van der Waals surface area contributed by atoms with Gasteiger partial charge in [0.25, 0.3) is 0 Å². The van der Waals surface area contributed by atoms with E-state index in [1.807, 2.05) is 12.2 Å². The molecule has 0 aromatic carbocycles. The van der Waals surface area contributed by atoms with Crippen LogP contribution >= 0.6 is 0 Å². The second kappa shape index (κ2) is 4.99. The number of allylic oxidation sites excluding steroid dienone is 2. The number of carboxylic acid groups (broad SMARTS) is 1. The Hall–Kier alpha value is -1.32. The van der Waals surface area contributed by atoms with Gasteiger partial charge in [0.1, 0.15) is 0 Å². The molecule has 3 rings (SSSR count). The summed E-state index contributed by atoms with van der Waals surface area (Å²) in [5.74, 6) is -1.52. The van der Waals surface area contributed by atoms with Crippen molar-refractivity contribution in [2.45, 2.75) is 44.6 Å². The number of carbonyl (C=O) groups excluding carboxylic acids is 1. The van der Waals surface area contributed by atoms with Gasteiger partial charge in [-0.05, 0) is 31.1 Å². The van der Waals surface area contributed by atoms with Gasteiger partial charge in [0.05, 0.1) is 11.8 Å². The predicted octanol–water partition coefficient (Wildman–Crippen LogP) is 1.96. The molecule has 2 bridgehead atoms. The summed E-state index contributed by atoms with van der Waals surface area (Å²) in [7, 11) is 0. The lowest BCUT2D eigenvalue weighted by Gasteiger charge is -2.28. The number of fused-ring (bicyclic) bond motifs is 2. The molecule has 0 aliphatic heterocycles. The quantitative estimate of drug-likeness (QED) is 0.765. The maximum Gasteiger partial charge on any atom is 0.307 e. The highest BCUT2D eigenvalue weighted by Gasteiger charge is 2.51. The molecular weight excluding hydrogens is 242 g/mol. The highest BCUT2D eigenvalue weighted by molar-refractivity contribution is 5.87. The average Bonchev–Trinajstić information content (AvgIpc) is 2.99. The number of hydrogen-bond acceptors (Lipinski definition) is 2. The van der Waals surface area contributed by atoms with E-state index in [0.29, 0.717) is 0 Å². The van der Waals surface area contributed by atoms with E-state index in [1.165, 1.54) is 19.3 Å². The third-order valence-electron chi connectivity index (χ3n) is 5.00. The Morgan fingerprint density at radius 3 is 2.26 bits per heavy atom. The van der Waals surface area contributed by atoms with Crippen molar-refractivity contribution in [1.29, 1.82) is 0 Å². The summed E-state index contributed by atoms with van der Waals surface area (Å²) < 4.78 is 0. The second-order valence-electron chi connectivity index (χ2n) is 6.18. The molecule has 4 nitrogen and oxygen atoms in total. The molecule has 0 radical (unpaired) electrons. The van der Waals surface area contributed by atoms with E-state index in [-0.39, 0.29) is 29.7 Å². The van der Waals surface area contributed by atoms with Gasteiger partial charge in [-0.15, -0.1) is 0 Å². The molecule has 19 heavy (non-hydrogen) atoms. The zero-order chi connectivity index (χ0) is 13.4. The molecule has 4 heteroatoms. The van der Waals surface area contributed by atoms with Crippen molar-refractivity contribution in [2.24, 2.45) is 23.7 Å². The molecule has 0 saturated heterocycles. The molecule has 0 aromatic rings. The van der Waals surface area contributed by atoms with Crippen molar-refractivity contribution < 1.29 is 14.7 Å². The van der Waals surface area contributed by atoms with Crippen molar-refractivity contribution >= 4 is 11.9 Å². The molecule has 0 heterocycles. The minimum absolute atomic E-state index is 0.0313. The van der Waals surface area contributed by atoms with Gasteiger partial charge in [-0.1, -0.05) is 31.4 Å². The third-order valence-corrected chi connectivity index (χ3v) is 5.00. The van der Waals surface area contributed by atoms with Crippen LogP contribution in [0.5, 0.6) is 0 Å². The van der Waals surface area contributed by atoms with E-state index in [2.05, 4.69) is 5.32 Å². The molecule has 104 valence electrons. The number of aliphatic carboxylic acids is 1. The Kier molecular flexibility index (Phi) is 3.33. The van der Waals surface area contributed by atoms with E-state index >= 15 is 0 Å². The highest BCUT2D eigenvalue weighted by Crippen LogP contribution is 2.48. The van der Waals surface area contributed by atoms with Gasteiger partial charge in [-0.3, -0.25) is 9.59 Å². The lowest BCUT2D eigenvalue weighted by atomic mass is 9.82. The van der Waals surface area contributed by atoms with Crippen LogP contribution in [-0.2, 0) is 9.59 Å². The van der Waals surface area contributed by atoms with Gasteiger partial charge in [0.15, 0.2) is 0 Å². The van der Waals surface area contributed by atoms with E-state index in [9.17, 15) is 14.7 Å². The van der Waals surface area contributed by atoms with Crippen LogP contribution in [0, 0.1) is 23.7 Å². The Bertz CT molecular complexity index is 412. The van der Waals surface area contributed by atoms with Crippen LogP contribution in [0.4, 0.5) is 0 Å². The average molecular weight is 263 g/mol. The molecule has 2 saturated carbocycles. The summed E-state index contributed by atoms with van der Waals surface area (Å²) in [4.78, 5) is 23.8. The van der Waals surface area contributed by atoms with Gasteiger partial charge in [-0.25, -0.2) is 0 Å². The maximum absolute atomic E-state index is 12.4. The molecule has 2 N–H and O–H groups in total. The fourth-order valence-electron chi connectivity index (χ4n) is 4.06. The molecule has 3 aliphatic rings. The lowest BCUT2D eigenvalue weighted by molar-refractivity contribution is -0.148. The van der Waals surface area contributed by atoms with Crippen LogP contribution in [0.2, 0.25) is 0 Å². The molecule has 3 aliphatic carbocycles. The largest absolute Gasteiger partial charge is 0.481 e. The Morgan fingerprint density at radius 2 is 1.63 bits per heavy atom. The van der Waals surface area contributed by atoms with Gasteiger partial charge < -0.3 is 10.4 Å². The van der Waals surface area contributed by atoms with Crippen LogP contribution in [0.15, 0.2) is 12.2 Å². The van der Waals surface area contributed by atoms with Gasteiger partial charge in [-0.2, -0.15) is 0 Å². The van der Waals surface area contributed by atoms with E-state index < -0.39 is 11.9 Å². The fourth-order valence-corrected chi connectivity index (χ4v) is 4.06. The zero-order valence-electron chi connectivity index (χ0n) is 11.0. The number of nitrogens with one attached hydrogen (secondary N) is 1. The maximum atomic E-state index is 12.4. The molecule has 0 aromatic heterocycles. The topological polar surface area (TPSA) is 66.4 Å². The number of hydrogen-bond donors (Lipinski definition) is 2. The first-order chi connectivity index (χ1) is 9.16. The van der Waals surface area contributed by atoms with Gasteiger partial charge in [0, 0.05) is 6.04 Å². The van der Waals surface area contributed by atoms with E-state index in [1.54, 1.807) is 0 Å². The smallest absolute Gasteiger partial charge is 0.307 e. The van der Waals surface area contributed by atoms with Crippen molar-refractivity contribution in [2.75, 3.05) is 0 Å². The van der Waals surface area contributed by atoms with Crippen molar-refractivity contribution in [3.63, 3.8) is 0 Å². The van der Waals surface area contributed by atoms with Crippen LogP contribution < -0.4 is 5.32 Å². The number of carboxylic acids is 1. The van der Waals surface area contributed by atoms with Crippen LogP contribution in [0.25, 0.3) is 0 Å². The van der Waals surface area contributed by atoms with Crippen LogP contribution in [0.3, 0.4) is 0 Å². The summed E-state index contributed by atoms with van der Waals surface area (Å²) >= 11 is 0. The fraction of sp³-hybridized carbons (Fsp3) is 0.733. The summed E-state index contributed by atoms with van der Waals surface area (Å²) in [6.07, 6.45) is 10.5. The molecule has 2 fully saturated rings. The third kappa shape index (κ3) is 2.28. The Balaban J connectivity index is 1.68. The SMILES string of the molecule is O=C(O)[C@@H]1[C@@H](C(=O)NC2CCCCC2)[C@H]2C=C[C@H]1C2. The van der Waals surface area contributed by atoms with Crippen LogP contribution in [0.1, 0.15) is 38.5 Å². The minimum Gasteiger partial charge on any atom is -0.481 e. The Morgan fingerprint density at radius 1 is 1.00 bits per heavy atom. The van der Waals surface area contributed by atoms with E-state index in [0.717, 1.165) is 19.3 Å². The van der Waals surface area contributed by atoms with E-state index in [4.69, 9.17) is 0 Å². The van der Waals surface area contributed by atoms with Crippen molar-refractivity contribution in [3.8, 4) is 0 Å². The first-order valence-corrected chi connectivity index (χ1v) is 7.38. The minimum atomic E-state index is -0.819. The zero-order valence-corrected chi connectivity index (χ0v) is 11.0. The molecular formula is C15H21NO3. The first-order valence-electron chi connectivity index (χ1n) is 7.38. The normalized spacial score (nSPS) is 37.5. The second-order valence-corrected chi connectivity index (χ2v) is 6.18. The van der Waals surface area contributed by atoms with Crippen LogP contribution in [-0.4, -0.2) is 23.0 Å². The number of amides is 1. The molecule has 1 amide bonds. The summed E-state index contributed by atoms with van der Waals surface area (Å²) in [5, 5.41) is 12.4. The number of rotatable bonds is 3.